The zero-order valence-corrected chi connectivity index (χ0v) is 12.9. The molecule has 0 spiro atoms. The first-order chi connectivity index (χ1) is 10.1. The number of hydrogen-bond donors (Lipinski definition) is 2. The Morgan fingerprint density at radius 3 is 2.57 bits per heavy atom. The lowest BCUT2D eigenvalue weighted by atomic mass is 10.0. The molecule has 3 heteroatoms. The van der Waals surface area contributed by atoms with E-state index < -0.39 is 0 Å². The minimum Gasteiger partial charge on any atom is -0.504 e. The molecule has 0 aliphatic heterocycles. The topological polar surface area (TPSA) is 41.5 Å². The Morgan fingerprint density at radius 2 is 1.86 bits per heavy atom. The fraction of sp³-hybridized carbons (Fsp3) is 0.333. The maximum Gasteiger partial charge on any atom is 0.162 e. The molecule has 112 valence electrons. The Balaban J connectivity index is 2.15. The van der Waals surface area contributed by atoms with Gasteiger partial charge in [-0.2, -0.15) is 0 Å². The van der Waals surface area contributed by atoms with Crippen molar-refractivity contribution in [1.82, 2.24) is 0 Å². The lowest BCUT2D eigenvalue weighted by Crippen LogP contribution is -2.04. The number of hydrogen-bond acceptors (Lipinski definition) is 3. The molecule has 2 aromatic rings. The lowest BCUT2D eigenvalue weighted by Gasteiger charge is -2.16. The molecule has 0 bridgehead atoms. The number of para-hydroxylation sites is 2. The van der Waals surface area contributed by atoms with E-state index in [0.717, 1.165) is 11.3 Å². The van der Waals surface area contributed by atoms with Crippen LogP contribution in [0.3, 0.4) is 0 Å². The molecule has 3 nitrogen and oxygen atoms in total. The van der Waals surface area contributed by atoms with E-state index in [2.05, 4.69) is 31.3 Å². The van der Waals surface area contributed by atoms with E-state index in [9.17, 15) is 5.11 Å². The number of rotatable bonds is 6. The number of benzene rings is 2. The first kappa shape index (κ1) is 15.2. The fourth-order valence-corrected chi connectivity index (χ4v) is 2.33. The molecule has 0 fully saturated rings. The van der Waals surface area contributed by atoms with E-state index >= 15 is 0 Å². The smallest absolute Gasteiger partial charge is 0.162 e. The highest BCUT2D eigenvalue weighted by Crippen LogP contribution is 2.31. The molecule has 0 heterocycles. The van der Waals surface area contributed by atoms with Gasteiger partial charge in [-0.05, 0) is 30.5 Å². The molecular formula is C18H23NO2. The third-order valence-electron chi connectivity index (χ3n) is 3.43. The minimum atomic E-state index is 0.217. The summed E-state index contributed by atoms with van der Waals surface area (Å²) in [7, 11) is 0. The number of aromatic hydroxyl groups is 1. The molecule has 0 aromatic heterocycles. The molecule has 2 aromatic carbocycles. The Kier molecular flexibility index (Phi) is 5.09. The summed E-state index contributed by atoms with van der Waals surface area (Å²) in [5.41, 5.74) is 3.21. The van der Waals surface area contributed by atoms with E-state index in [1.165, 1.54) is 5.56 Å². The summed E-state index contributed by atoms with van der Waals surface area (Å²) in [5.74, 6) is 1.21. The predicted molar refractivity (Wildman–Crippen MR) is 87.1 cm³/mol. The summed E-state index contributed by atoms with van der Waals surface area (Å²) in [6.07, 6.45) is 0. The van der Waals surface area contributed by atoms with Gasteiger partial charge in [0.2, 0.25) is 0 Å². The van der Waals surface area contributed by atoms with Crippen molar-refractivity contribution in [1.29, 1.82) is 0 Å². The fourth-order valence-electron chi connectivity index (χ4n) is 2.33. The summed E-state index contributed by atoms with van der Waals surface area (Å²) in [4.78, 5) is 0. The Morgan fingerprint density at radius 1 is 1.10 bits per heavy atom. The number of phenols is 1. The first-order valence-corrected chi connectivity index (χ1v) is 7.40. The van der Waals surface area contributed by atoms with E-state index in [0.29, 0.717) is 24.8 Å². The molecule has 21 heavy (non-hydrogen) atoms. The minimum absolute atomic E-state index is 0.217. The van der Waals surface area contributed by atoms with Crippen LogP contribution in [0.4, 0.5) is 5.69 Å². The molecule has 0 radical (unpaired) electrons. The molecule has 0 unspecified atom stereocenters. The van der Waals surface area contributed by atoms with E-state index in [4.69, 9.17) is 4.74 Å². The van der Waals surface area contributed by atoms with Crippen LogP contribution in [-0.4, -0.2) is 11.7 Å². The van der Waals surface area contributed by atoms with Gasteiger partial charge < -0.3 is 15.2 Å². The summed E-state index contributed by atoms with van der Waals surface area (Å²) in [6.45, 7) is 7.36. The second kappa shape index (κ2) is 7.02. The zero-order chi connectivity index (χ0) is 15.2. The maximum atomic E-state index is 10.2. The van der Waals surface area contributed by atoms with Crippen molar-refractivity contribution in [3.8, 4) is 11.5 Å². The van der Waals surface area contributed by atoms with Crippen molar-refractivity contribution in [2.24, 2.45) is 0 Å². The third-order valence-corrected chi connectivity index (χ3v) is 3.43. The van der Waals surface area contributed by atoms with Crippen molar-refractivity contribution in [3.63, 3.8) is 0 Å². The summed E-state index contributed by atoms with van der Waals surface area (Å²) in [5, 5.41) is 13.6. The molecule has 0 saturated carbocycles. The molecule has 0 atom stereocenters. The second-order valence-corrected chi connectivity index (χ2v) is 5.29. The van der Waals surface area contributed by atoms with Crippen molar-refractivity contribution in [2.45, 2.75) is 33.2 Å². The third kappa shape index (κ3) is 3.69. The van der Waals surface area contributed by atoms with Crippen molar-refractivity contribution >= 4 is 5.69 Å². The van der Waals surface area contributed by atoms with Crippen LogP contribution in [0.2, 0.25) is 0 Å². The van der Waals surface area contributed by atoms with Crippen LogP contribution in [0.1, 0.15) is 37.8 Å². The monoisotopic (exact) mass is 285 g/mol. The molecule has 2 rings (SSSR count). The van der Waals surface area contributed by atoms with Gasteiger partial charge >= 0.3 is 0 Å². The van der Waals surface area contributed by atoms with E-state index in [1.807, 2.05) is 31.2 Å². The molecule has 0 saturated heterocycles. The lowest BCUT2D eigenvalue weighted by molar-refractivity contribution is 0.317. The standard InChI is InChI=1S/C18H23NO2/c1-4-21-17-11-7-8-14(18(17)20)12-19-16-10-6-5-9-15(16)13(2)3/h5-11,13,19-20H,4,12H2,1-3H3. The SMILES string of the molecule is CCOc1cccc(CNc2ccccc2C(C)C)c1O. The number of ether oxygens (including phenoxy) is 1. The van der Waals surface area contributed by atoms with Crippen molar-refractivity contribution in [2.75, 3.05) is 11.9 Å². The van der Waals surface area contributed by atoms with Crippen LogP contribution in [-0.2, 0) is 6.54 Å². The van der Waals surface area contributed by atoms with Crippen LogP contribution < -0.4 is 10.1 Å². The van der Waals surface area contributed by atoms with Gasteiger partial charge in [0.15, 0.2) is 11.5 Å². The van der Waals surface area contributed by atoms with Gasteiger partial charge in [-0.1, -0.05) is 44.2 Å². The Bertz CT molecular complexity index is 594. The predicted octanol–water partition coefficient (Wildman–Crippen LogP) is 4.53. The molecular weight excluding hydrogens is 262 g/mol. The van der Waals surface area contributed by atoms with Crippen molar-refractivity contribution in [3.05, 3.63) is 53.6 Å². The highest BCUT2D eigenvalue weighted by Gasteiger charge is 2.09. The normalized spacial score (nSPS) is 10.7. The van der Waals surface area contributed by atoms with Gasteiger partial charge in [-0.25, -0.2) is 0 Å². The summed E-state index contributed by atoms with van der Waals surface area (Å²) in [6, 6.07) is 13.9. The second-order valence-electron chi connectivity index (χ2n) is 5.29. The number of anilines is 1. The van der Waals surface area contributed by atoms with Crippen LogP contribution >= 0.6 is 0 Å². The Hall–Kier alpha value is -2.16. The van der Waals surface area contributed by atoms with Crippen LogP contribution in [0.25, 0.3) is 0 Å². The average molecular weight is 285 g/mol. The van der Waals surface area contributed by atoms with Gasteiger partial charge in [0.1, 0.15) is 0 Å². The number of phenolic OH excluding ortho intramolecular Hbond substituents is 1. The van der Waals surface area contributed by atoms with Gasteiger partial charge in [0.05, 0.1) is 6.61 Å². The van der Waals surface area contributed by atoms with Gasteiger partial charge in [-0.15, -0.1) is 0 Å². The quantitative estimate of drug-likeness (QED) is 0.819. The Labute approximate surface area is 126 Å². The van der Waals surface area contributed by atoms with Crippen LogP contribution in [0.5, 0.6) is 11.5 Å². The van der Waals surface area contributed by atoms with Crippen molar-refractivity contribution < 1.29 is 9.84 Å². The van der Waals surface area contributed by atoms with Gasteiger partial charge in [-0.3, -0.25) is 0 Å². The zero-order valence-electron chi connectivity index (χ0n) is 12.9. The molecule has 0 amide bonds. The van der Waals surface area contributed by atoms with E-state index in [-0.39, 0.29) is 5.75 Å². The van der Waals surface area contributed by atoms with E-state index in [1.54, 1.807) is 6.07 Å². The molecule has 0 aliphatic rings. The molecule has 0 aliphatic carbocycles. The summed E-state index contributed by atoms with van der Waals surface area (Å²) >= 11 is 0. The van der Waals surface area contributed by atoms with Gasteiger partial charge in [0, 0.05) is 17.8 Å². The highest BCUT2D eigenvalue weighted by atomic mass is 16.5. The summed E-state index contributed by atoms with van der Waals surface area (Å²) < 4.78 is 5.41. The highest BCUT2D eigenvalue weighted by molar-refractivity contribution is 5.54. The van der Waals surface area contributed by atoms with Gasteiger partial charge in [0.25, 0.3) is 0 Å². The van der Waals surface area contributed by atoms with Crippen LogP contribution in [0, 0.1) is 0 Å². The largest absolute Gasteiger partial charge is 0.504 e. The maximum absolute atomic E-state index is 10.2. The first-order valence-electron chi connectivity index (χ1n) is 7.40. The number of nitrogens with one attached hydrogen (secondary N) is 1. The average Bonchev–Trinajstić information content (AvgIpc) is 2.48. The molecule has 2 N–H and O–H groups in total. The van der Waals surface area contributed by atoms with Crippen LogP contribution in [0.15, 0.2) is 42.5 Å².